The van der Waals surface area contributed by atoms with Gasteiger partial charge < -0.3 is 18.9 Å². The van der Waals surface area contributed by atoms with E-state index in [0.29, 0.717) is 13.2 Å². The van der Waals surface area contributed by atoms with E-state index < -0.39 is 5.79 Å². The molecule has 4 nitrogen and oxygen atoms in total. The van der Waals surface area contributed by atoms with Gasteiger partial charge in [0.15, 0.2) is 5.79 Å². The lowest BCUT2D eigenvalue weighted by atomic mass is 10.1. The molecule has 0 aromatic rings. The van der Waals surface area contributed by atoms with Gasteiger partial charge in [-0.3, -0.25) is 0 Å². The number of rotatable bonds is 34. The highest BCUT2D eigenvalue weighted by Gasteiger charge is 2.41. The molecule has 1 aliphatic rings. The standard InChI is InChI=1S/C43H78O4/c1-5-7-9-11-13-15-17-19-21-23-25-27-29-31-33-35-37-44-39-41-42(47-43(3,4)46-41)40-45-38-36-34-32-30-28-26-24-22-20-18-16-14-12-10-8-6-2/h13-16,19-22,41-42H,5-12,17-18,23-40H2,1-4H3/b15-13-,16-14-,21-19-,22-20-/t41-,42-/m1/s1. The first kappa shape index (κ1) is 43.8. The fourth-order valence-electron chi connectivity index (χ4n) is 5.97. The van der Waals surface area contributed by atoms with Crippen LogP contribution in [0.4, 0.5) is 0 Å². The summed E-state index contributed by atoms with van der Waals surface area (Å²) in [5, 5.41) is 0. The molecule has 1 rings (SSSR count). The Kier molecular flexibility index (Phi) is 31.1. The van der Waals surface area contributed by atoms with Crippen LogP contribution in [0.15, 0.2) is 48.6 Å². The van der Waals surface area contributed by atoms with E-state index in [1.165, 1.54) is 128 Å². The zero-order valence-electron chi connectivity index (χ0n) is 31.7. The van der Waals surface area contributed by atoms with E-state index >= 15 is 0 Å². The van der Waals surface area contributed by atoms with Crippen molar-refractivity contribution in [3.05, 3.63) is 48.6 Å². The minimum atomic E-state index is -0.567. The Labute approximate surface area is 293 Å². The second-order valence-corrected chi connectivity index (χ2v) is 14.0. The molecule has 0 aliphatic carbocycles. The molecule has 0 amide bonds. The molecule has 1 heterocycles. The molecule has 1 saturated heterocycles. The summed E-state index contributed by atoms with van der Waals surface area (Å²) in [4.78, 5) is 0. The smallest absolute Gasteiger partial charge is 0.163 e. The summed E-state index contributed by atoms with van der Waals surface area (Å²) in [5.74, 6) is -0.567. The van der Waals surface area contributed by atoms with Gasteiger partial charge in [0.1, 0.15) is 12.2 Å². The molecule has 0 bridgehead atoms. The van der Waals surface area contributed by atoms with Crippen molar-refractivity contribution in [1.82, 2.24) is 0 Å². The van der Waals surface area contributed by atoms with E-state index in [0.717, 1.165) is 38.9 Å². The number of ether oxygens (including phenoxy) is 4. The summed E-state index contributed by atoms with van der Waals surface area (Å²) in [6.45, 7) is 11.3. The van der Waals surface area contributed by atoms with Crippen LogP contribution in [0.5, 0.6) is 0 Å². The van der Waals surface area contributed by atoms with Crippen molar-refractivity contribution in [3.8, 4) is 0 Å². The molecule has 4 heteroatoms. The van der Waals surface area contributed by atoms with Gasteiger partial charge in [-0.2, -0.15) is 0 Å². The van der Waals surface area contributed by atoms with Crippen molar-refractivity contribution < 1.29 is 18.9 Å². The fourth-order valence-corrected chi connectivity index (χ4v) is 5.97. The summed E-state index contributed by atoms with van der Waals surface area (Å²) in [6, 6.07) is 0. The Hall–Kier alpha value is -1.20. The largest absolute Gasteiger partial charge is 0.379 e. The van der Waals surface area contributed by atoms with Crippen LogP contribution in [-0.4, -0.2) is 44.4 Å². The number of unbranched alkanes of at least 4 members (excludes halogenated alkanes) is 18. The van der Waals surface area contributed by atoms with Gasteiger partial charge in [0, 0.05) is 13.2 Å². The molecule has 0 saturated carbocycles. The molecular weight excluding hydrogens is 580 g/mol. The molecule has 0 aromatic heterocycles. The molecular formula is C43H78O4. The molecule has 0 unspecified atom stereocenters. The van der Waals surface area contributed by atoms with Crippen LogP contribution in [0.3, 0.4) is 0 Å². The maximum atomic E-state index is 6.14. The maximum absolute atomic E-state index is 6.14. The minimum absolute atomic E-state index is 0.0505. The fraction of sp³-hybridized carbons (Fsp3) is 0.814. The summed E-state index contributed by atoms with van der Waals surface area (Å²) in [7, 11) is 0. The molecule has 1 fully saturated rings. The Balaban J connectivity index is 1.94. The molecule has 0 spiro atoms. The quantitative estimate of drug-likeness (QED) is 0.0509. The Morgan fingerprint density at radius 3 is 1.11 bits per heavy atom. The number of hydrogen-bond donors (Lipinski definition) is 0. The highest BCUT2D eigenvalue weighted by Crippen LogP contribution is 2.28. The molecule has 1 aliphatic heterocycles. The monoisotopic (exact) mass is 659 g/mol. The van der Waals surface area contributed by atoms with Crippen molar-refractivity contribution in [3.63, 3.8) is 0 Å². The van der Waals surface area contributed by atoms with E-state index in [1.54, 1.807) is 0 Å². The second kappa shape index (κ2) is 33.3. The number of allylic oxidation sites excluding steroid dienone is 8. The SMILES string of the molecule is CCCCC/C=C\C/C=C\CCCCCCCCOC[C@H]1OC(C)(C)O[C@@H]1COCCCCCCCC/C=C\C/C=C\CCCCC. The third-order valence-corrected chi connectivity index (χ3v) is 8.83. The topological polar surface area (TPSA) is 36.9 Å². The third kappa shape index (κ3) is 29.4. The lowest BCUT2D eigenvalue weighted by Gasteiger charge is -2.17. The first-order valence-electron chi connectivity index (χ1n) is 20.2. The van der Waals surface area contributed by atoms with E-state index in [-0.39, 0.29) is 12.2 Å². The van der Waals surface area contributed by atoms with Crippen molar-refractivity contribution in [2.24, 2.45) is 0 Å². The highest BCUT2D eigenvalue weighted by molar-refractivity contribution is 4.93. The predicted octanol–water partition coefficient (Wildman–Crippen LogP) is 13.2. The average molecular weight is 659 g/mol. The van der Waals surface area contributed by atoms with Crippen LogP contribution in [-0.2, 0) is 18.9 Å². The van der Waals surface area contributed by atoms with E-state index in [1.807, 2.05) is 13.8 Å². The zero-order chi connectivity index (χ0) is 33.9. The van der Waals surface area contributed by atoms with Crippen LogP contribution < -0.4 is 0 Å². The number of hydrogen-bond acceptors (Lipinski definition) is 4. The van der Waals surface area contributed by atoms with Crippen molar-refractivity contribution in [1.29, 1.82) is 0 Å². The molecule has 0 aromatic carbocycles. The van der Waals surface area contributed by atoms with Crippen LogP contribution in [0.1, 0.15) is 182 Å². The van der Waals surface area contributed by atoms with E-state index in [4.69, 9.17) is 18.9 Å². The Bertz CT molecular complexity index is 706. The lowest BCUT2D eigenvalue weighted by molar-refractivity contribution is -0.154. The minimum Gasteiger partial charge on any atom is -0.379 e. The van der Waals surface area contributed by atoms with Gasteiger partial charge in [-0.05, 0) is 90.9 Å². The van der Waals surface area contributed by atoms with E-state index in [9.17, 15) is 0 Å². The third-order valence-electron chi connectivity index (χ3n) is 8.83. The normalized spacial score (nSPS) is 18.3. The van der Waals surface area contributed by atoms with Crippen LogP contribution in [0.25, 0.3) is 0 Å². The van der Waals surface area contributed by atoms with Gasteiger partial charge in [-0.15, -0.1) is 0 Å². The summed E-state index contributed by atoms with van der Waals surface area (Å²) in [5.41, 5.74) is 0. The molecule has 47 heavy (non-hydrogen) atoms. The molecule has 274 valence electrons. The maximum Gasteiger partial charge on any atom is 0.163 e. The molecule has 0 radical (unpaired) electrons. The molecule has 0 N–H and O–H groups in total. The summed E-state index contributed by atoms with van der Waals surface area (Å²) < 4.78 is 24.3. The van der Waals surface area contributed by atoms with Crippen LogP contribution >= 0.6 is 0 Å². The zero-order valence-corrected chi connectivity index (χ0v) is 31.7. The Morgan fingerprint density at radius 1 is 0.426 bits per heavy atom. The van der Waals surface area contributed by atoms with Crippen molar-refractivity contribution >= 4 is 0 Å². The Morgan fingerprint density at radius 2 is 0.745 bits per heavy atom. The predicted molar refractivity (Wildman–Crippen MR) is 204 cm³/mol. The van der Waals surface area contributed by atoms with Crippen molar-refractivity contribution in [2.45, 2.75) is 200 Å². The van der Waals surface area contributed by atoms with E-state index in [2.05, 4.69) is 62.5 Å². The van der Waals surface area contributed by atoms with Gasteiger partial charge in [0.2, 0.25) is 0 Å². The van der Waals surface area contributed by atoms with Gasteiger partial charge in [0.05, 0.1) is 13.2 Å². The lowest BCUT2D eigenvalue weighted by Crippen LogP contribution is -2.32. The van der Waals surface area contributed by atoms with Crippen LogP contribution in [0, 0.1) is 0 Å². The highest BCUT2D eigenvalue weighted by atomic mass is 16.8. The van der Waals surface area contributed by atoms with Crippen molar-refractivity contribution in [2.75, 3.05) is 26.4 Å². The van der Waals surface area contributed by atoms with Gasteiger partial charge in [0.25, 0.3) is 0 Å². The first-order chi connectivity index (χ1) is 23.1. The summed E-state index contributed by atoms with van der Waals surface area (Å²) >= 11 is 0. The van der Waals surface area contributed by atoms with Gasteiger partial charge in [-0.1, -0.05) is 140 Å². The van der Waals surface area contributed by atoms with Gasteiger partial charge in [-0.25, -0.2) is 0 Å². The molecule has 2 atom stereocenters. The summed E-state index contributed by atoms with van der Waals surface area (Å²) in [6.07, 6.45) is 48.9. The average Bonchev–Trinajstić information content (AvgIpc) is 3.36. The first-order valence-corrected chi connectivity index (χ1v) is 20.2. The second-order valence-electron chi connectivity index (χ2n) is 14.0. The van der Waals surface area contributed by atoms with Gasteiger partial charge >= 0.3 is 0 Å². The van der Waals surface area contributed by atoms with Crippen LogP contribution in [0.2, 0.25) is 0 Å².